The molecule has 2 rings (SSSR count). The van der Waals surface area contributed by atoms with Gasteiger partial charge in [0.05, 0.1) is 6.10 Å². The molecule has 29 heavy (non-hydrogen) atoms. The van der Waals surface area contributed by atoms with Crippen LogP contribution in [-0.4, -0.2) is 45.0 Å². The van der Waals surface area contributed by atoms with Crippen LogP contribution < -0.4 is 15.4 Å². The van der Waals surface area contributed by atoms with E-state index >= 15 is 0 Å². The minimum Gasteiger partial charge on any atom is -0.484 e. The number of ether oxygens (including phenoxy) is 2. The first kappa shape index (κ1) is 23.3. The number of para-hydroxylation sites is 1. The molecule has 0 aromatic heterocycles. The number of guanidine groups is 1. The molecular weight excluding hydrogens is 383 g/mol. The summed E-state index contributed by atoms with van der Waals surface area (Å²) in [6.07, 6.45) is -2.09. The zero-order valence-electron chi connectivity index (χ0n) is 17.6. The van der Waals surface area contributed by atoms with Crippen molar-refractivity contribution in [1.82, 2.24) is 10.6 Å². The quantitative estimate of drug-likeness (QED) is 0.542. The molecule has 0 aliphatic carbocycles. The van der Waals surface area contributed by atoms with Crippen LogP contribution in [0.15, 0.2) is 29.3 Å². The SMILES string of the molecule is CN=C(NCc1ccccc1OCC(F)(F)F)NCC1CCCOC1C(C)(C)C. The van der Waals surface area contributed by atoms with E-state index in [-0.39, 0.29) is 17.3 Å². The molecular formula is C21H32F3N3O2. The molecule has 1 aliphatic rings. The Morgan fingerprint density at radius 3 is 2.59 bits per heavy atom. The van der Waals surface area contributed by atoms with Crippen LogP contribution in [-0.2, 0) is 11.3 Å². The van der Waals surface area contributed by atoms with Gasteiger partial charge in [0.15, 0.2) is 12.6 Å². The second-order valence-electron chi connectivity index (χ2n) is 8.38. The number of benzene rings is 1. The van der Waals surface area contributed by atoms with Crippen molar-refractivity contribution >= 4 is 5.96 Å². The Balaban J connectivity index is 1.91. The lowest BCUT2D eigenvalue weighted by Crippen LogP contribution is -2.47. The Hall–Kier alpha value is -1.96. The lowest BCUT2D eigenvalue weighted by Gasteiger charge is -2.40. The van der Waals surface area contributed by atoms with E-state index in [2.05, 4.69) is 36.4 Å². The van der Waals surface area contributed by atoms with Gasteiger partial charge in [-0.25, -0.2) is 0 Å². The van der Waals surface area contributed by atoms with E-state index in [1.807, 2.05) is 0 Å². The lowest BCUT2D eigenvalue weighted by molar-refractivity contribution is -0.153. The Morgan fingerprint density at radius 1 is 1.21 bits per heavy atom. The molecule has 0 spiro atoms. The third kappa shape index (κ3) is 7.76. The van der Waals surface area contributed by atoms with E-state index in [1.54, 1.807) is 25.2 Å². The van der Waals surface area contributed by atoms with Crippen molar-refractivity contribution in [2.45, 2.75) is 52.4 Å². The van der Waals surface area contributed by atoms with Gasteiger partial charge in [0.1, 0.15) is 5.75 Å². The molecule has 2 unspecified atom stereocenters. The molecule has 1 aromatic rings. The van der Waals surface area contributed by atoms with Crippen LogP contribution in [0.1, 0.15) is 39.2 Å². The van der Waals surface area contributed by atoms with Gasteiger partial charge in [0, 0.05) is 38.2 Å². The summed E-state index contributed by atoms with van der Waals surface area (Å²) in [4.78, 5) is 4.22. The van der Waals surface area contributed by atoms with E-state index in [4.69, 9.17) is 9.47 Å². The van der Waals surface area contributed by atoms with Crippen LogP contribution in [0.5, 0.6) is 5.75 Å². The van der Waals surface area contributed by atoms with E-state index in [0.29, 0.717) is 30.5 Å². The highest BCUT2D eigenvalue weighted by Gasteiger charge is 2.35. The summed E-state index contributed by atoms with van der Waals surface area (Å²) in [7, 11) is 1.67. The van der Waals surface area contributed by atoms with Crippen molar-refractivity contribution in [3.05, 3.63) is 29.8 Å². The summed E-state index contributed by atoms with van der Waals surface area (Å²) in [5.74, 6) is 1.17. The molecule has 164 valence electrons. The average Bonchev–Trinajstić information content (AvgIpc) is 2.66. The van der Waals surface area contributed by atoms with Gasteiger partial charge in [0.2, 0.25) is 0 Å². The standard InChI is InChI=1S/C21H32F3N3O2/c1-20(2,3)18-16(9-7-11-28-18)13-27-19(25-4)26-12-15-8-5-6-10-17(15)29-14-21(22,23)24/h5-6,8,10,16,18H,7,9,11-14H2,1-4H3,(H2,25,26,27). The van der Waals surface area contributed by atoms with Crippen molar-refractivity contribution in [2.24, 2.45) is 16.3 Å². The van der Waals surface area contributed by atoms with Gasteiger partial charge in [-0.3, -0.25) is 4.99 Å². The molecule has 2 atom stereocenters. The number of hydrogen-bond acceptors (Lipinski definition) is 3. The molecule has 5 nitrogen and oxygen atoms in total. The highest BCUT2D eigenvalue weighted by Crippen LogP contribution is 2.33. The molecule has 0 radical (unpaired) electrons. The molecule has 0 bridgehead atoms. The van der Waals surface area contributed by atoms with Gasteiger partial charge in [0.25, 0.3) is 0 Å². The van der Waals surface area contributed by atoms with Crippen molar-refractivity contribution in [1.29, 1.82) is 0 Å². The lowest BCUT2D eigenvalue weighted by atomic mass is 9.78. The highest BCUT2D eigenvalue weighted by molar-refractivity contribution is 5.79. The minimum absolute atomic E-state index is 0.0540. The number of alkyl halides is 3. The highest BCUT2D eigenvalue weighted by atomic mass is 19.4. The van der Waals surface area contributed by atoms with Gasteiger partial charge >= 0.3 is 6.18 Å². The third-order valence-corrected chi connectivity index (χ3v) is 4.86. The maximum absolute atomic E-state index is 12.5. The number of hydrogen-bond donors (Lipinski definition) is 2. The summed E-state index contributed by atoms with van der Waals surface area (Å²) in [5, 5.41) is 6.48. The van der Waals surface area contributed by atoms with Gasteiger partial charge in [-0.2, -0.15) is 13.2 Å². The van der Waals surface area contributed by atoms with Crippen molar-refractivity contribution < 1.29 is 22.6 Å². The number of halogens is 3. The fourth-order valence-corrected chi connectivity index (χ4v) is 3.59. The molecule has 1 aliphatic heterocycles. The summed E-state index contributed by atoms with van der Waals surface area (Å²) in [5.41, 5.74) is 0.687. The largest absolute Gasteiger partial charge is 0.484 e. The first-order chi connectivity index (χ1) is 13.6. The predicted molar refractivity (Wildman–Crippen MR) is 108 cm³/mol. The van der Waals surface area contributed by atoms with E-state index in [1.165, 1.54) is 6.07 Å². The second kappa shape index (κ2) is 10.2. The molecule has 1 fully saturated rings. The van der Waals surface area contributed by atoms with E-state index < -0.39 is 12.8 Å². The summed E-state index contributed by atoms with van der Waals surface area (Å²) in [6.45, 7) is 7.04. The number of aliphatic imine (C=N–C) groups is 1. The fourth-order valence-electron chi connectivity index (χ4n) is 3.59. The zero-order valence-corrected chi connectivity index (χ0v) is 17.6. The zero-order chi connectivity index (χ0) is 21.5. The Labute approximate surface area is 171 Å². The first-order valence-electron chi connectivity index (χ1n) is 9.94. The first-order valence-corrected chi connectivity index (χ1v) is 9.94. The van der Waals surface area contributed by atoms with Gasteiger partial charge < -0.3 is 20.1 Å². The molecule has 8 heteroatoms. The summed E-state index contributed by atoms with van der Waals surface area (Å²) >= 11 is 0. The van der Waals surface area contributed by atoms with E-state index in [9.17, 15) is 13.2 Å². The molecule has 2 N–H and O–H groups in total. The average molecular weight is 416 g/mol. The van der Waals surface area contributed by atoms with Crippen molar-refractivity contribution in [2.75, 3.05) is 26.8 Å². The van der Waals surface area contributed by atoms with Crippen molar-refractivity contribution in [3.8, 4) is 5.75 Å². The van der Waals surface area contributed by atoms with Crippen LogP contribution >= 0.6 is 0 Å². The van der Waals surface area contributed by atoms with Crippen LogP contribution in [0.25, 0.3) is 0 Å². The molecule has 1 saturated heterocycles. The maximum atomic E-state index is 12.5. The topological polar surface area (TPSA) is 54.9 Å². The normalized spacial score (nSPS) is 21.0. The Morgan fingerprint density at radius 2 is 1.93 bits per heavy atom. The molecule has 0 saturated carbocycles. The smallest absolute Gasteiger partial charge is 0.422 e. The van der Waals surface area contributed by atoms with Gasteiger partial charge in [-0.05, 0) is 24.3 Å². The predicted octanol–water partition coefficient (Wildman–Crippen LogP) is 4.13. The van der Waals surface area contributed by atoms with Crippen LogP contribution in [0, 0.1) is 11.3 Å². The van der Waals surface area contributed by atoms with Gasteiger partial charge in [-0.1, -0.05) is 39.0 Å². The van der Waals surface area contributed by atoms with Gasteiger partial charge in [-0.15, -0.1) is 0 Å². The third-order valence-electron chi connectivity index (χ3n) is 4.86. The van der Waals surface area contributed by atoms with E-state index in [0.717, 1.165) is 19.4 Å². The number of nitrogens with one attached hydrogen (secondary N) is 2. The van der Waals surface area contributed by atoms with Crippen molar-refractivity contribution in [3.63, 3.8) is 0 Å². The Bertz CT molecular complexity index is 672. The number of rotatable bonds is 6. The molecule has 1 heterocycles. The second-order valence-corrected chi connectivity index (χ2v) is 8.38. The van der Waals surface area contributed by atoms with Crippen LogP contribution in [0.3, 0.4) is 0 Å². The molecule has 0 amide bonds. The Kier molecular flexibility index (Phi) is 8.19. The summed E-state index contributed by atoms with van der Waals surface area (Å²) < 4.78 is 48.3. The van der Waals surface area contributed by atoms with Crippen LogP contribution in [0.2, 0.25) is 0 Å². The maximum Gasteiger partial charge on any atom is 0.422 e. The fraction of sp³-hybridized carbons (Fsp3) is 0.667. The minimum atomic E-state index is -4.37. The monoisotopic (exact) mass is 415 g/mol. The molecule has 1 aromatic carbocycles. The number of nitrogens with zero attached hydrogens (tertiary/aromatic N) is 1. The summed E-state index contributed by atoms with van der Waals surface area (Å²) in [6, 6.07) is 6.68. The van der Waals surface area contributed by atoms with Crippen LogP contribution in [0.4, 0.5) is 13.2 Å².